The first-order valence-electron chi connectivity index (χ1n) is 8.11. The second-order valence-corrected chi connectivity index (χ2v) is 9.84. The number of benzene rings is 2. The third-order valence-electron chi connectivity index (χ3n) is 4.29. The molecule has 3 rings (SSSR count). The molecule has 1 heterocycles. The van der Waals surface area contributed by atoms with Gasteiger partial charge in [0.05, 0.1) is 29.1 Å². The summed E-state index contributed by atoms with van der Waals surface area (Å²) in [5.74, 6) is -0.798. The molecule has 0 bridgehead atoms. The molecule has 1 aliphatic rings. The molecule has 1 fully saturated rings. The molecule has 0 unspecified atom stereocenters. The molecular weight excluding hydrogens is 395 g/mol. The number of rotatable bonds is 5. The van der Waals surface area contributed by atoms with E-state index in [1.807, 2.05) is 0 Å². The zero-order valence-electron chi connectivity index (χ0n) is 14.8. The van der Waals surface area contributed by atoms with Crippen molar-refractivity contribution in [3.05, 3.63) is 47.8 Å². The van der Waals surface area contributed by atoms with Crippen LogP contribution in [0.3, 0.4) is 0 Å². The van der Waals surface area contributed by atoms with Gasteiger partial charge in [-0.2, -0.15) is 0 Å². The third-order valence-corrected chi connectivity index (χ3v) is 7.52. The van der Waals surface area contributed by atoms with Crippen molar-refractivity contribution in [1.29, 1.82) is 0 Å². The molecule has 0 aromatic heterocycles. The van der Waals surface area contributed by atoms with E-state index < -0.39 is 25.9 Å². The number of anilines is 2. The van der Waals surface area contributed by atoms with Crippen LogP contribution < -0.4 is 13.8 Å². The lowest BCUT2D eigenvalue weighted by molar-refractivity contribution is 0.385. The highest BCUT2D eigenvalue weighted by Crippen LogP contribution is 2.30. The summed E-state index contributed by atoms with van der Waals surface area (Å²) in [7, 11) is -6.17. The number of ether oxygens (including phenoxy) is 1. The van der Waals surface area contributed by atoms with Crippen molar-refractivity contribution in [3.8, 4) is 5.75 Å². The van der Waals surface area contributed by atoms with Crippen molar-refractivity contribution in [1.82, 2.24) is 0 Å². The molecule has 7 nitrogen and oxygen atoms in total. The number of methoxy groups -OCH3 is 1. The molecule has 2 aromatic rings. The second-order valence-electron chi connectivity index (χ2n) is 6.14. The number of sulfonamides is 2. The molecule has 0 radical (unpaired) electrons. The van der Waals surface area contributed by atoms with Crippen LogP contribution in [0.5, 0.6) is 5.75 Å². The Hall–Kier alpha value is -2.33. The van der Waals surface area contributed by atoms with E-state index in [1.54, 1.807) is 19.1 Å². The maximum atomic E-state index is 13.9. The molecule has 2 aromatic carbocycles. The van der Waals surface area contributed by atoms with Gasteiger partial charge in [-0.25, -0.2) is 21.2 Å². The molecule has 0 amide bonds. The number of nitrogens with zero attached hydrogens (tertiary/aromatic N) is 1. The Morgan fingerprint density at radius 2 is 1.93 bits per heavy atom. The molecule has 0 spiro atoms. The van der Waals surface area contributed by atoms with Crippen molar-refractivity contribution in [3.63, 3.8) is 0 Å². The highest BCUT2D eigenvalue weighted by atomic mass is 32.2. The van der Waals surface area contributed by atoms with Crippen LogP contribution in [-0.4, -0.2) is 36.2 Å². The van der Waals surface area contributed by atoms with Crippen molar-refractivity contribution in [2.75, 3.05) is 28.4 Å². The molecule has 1 N–H and O–H groups in total. The van der Waals surface area contributed by atoms with Gasteiger partial charge in [-0.15, -0.1) is 0 Å². The standard InChI is InChI=1S/C17H19FN2O5S2/c1-12-4-5-13(20-8-3-9-26(20,21)22)10-16(12)19-27(23,24)14-6-7-17(25-2)15(18)11-14/h4-7,10-11,19H,3,8-9H2,1-2H3. The van der Waals surface area contributed by atoms with Gasteiger partial charge < -0.3 is 4.74 Å². The minimum Gasteiger partial charge on any atom is -0.494 e. The Morgan fingerprint density at radius 1 is 1.19 bits per heavy atom. The average molecular weight is 414 g/mol. The zero-order valence-corrected chi connectivity index (χ0v) is 16.4. The highest BCUT2D eigenvalue weighted by molar-refractivity contribution is 7.93. The lowest BCUT2D eigenvalue weighted by atomic mass is 10.2. The third kappa shape index (κ3) is 3.86. The number of hydrogen-bond donors (Lipinski definition) is 1. The van der Waals surface area contributed by atoms with Crippen molar-refractivity contribution in [2.45, 2.75) is 18.2 Å². The topological polar surface area (TPSA) is 92.8 Å². The lowest BCUT2D eigenvalue weighted by Crippen LogP contribution is -2.25. The molecule has 0 aliphatic carbocycles. The number of aryl methyl sites for hydroxylation is 1. The van der Waals surface area contributed by atoms with Crippen LogP contribution >= 0.6 is 0 Å². The summed E-state index contributed by atoms with van der Waals surface area (Å²) in [6.07, 6.45) is 0.516. The van der Waals surface area contributed by atoms with Gasteiger partial charge in [0.1, 0.15) is 0 Å². The molecule has 27 heavy (non-hydrogen) atoms. The Bertz CT molecular complexity index is 1080. The summed E-state index contributed by atoms with van der Waals surface area (Å²) < 4.78 is 71.7. The van der Waals surface area contributed by atoms with Gasteiger partial charge in [-0.05, 0) is 49.2 Å². The Balaban J connectivity index is 1.95. The number of nitrogens with one attached hydrogen (secondary N) is 1. The lowest BCUT2D eigenvalue weighted by Gasteiger charge is -2.19. The fraction of sp³-hybridized carbons (Fsp3) is 0.294. The SMILES string of the molecule is COc1ccc(S(=O)(=O)Nc2cc(N3CCCS3(=O)=O)ccc2C)cc1F. The minimum absolute atomic E-state index is 0.0626. The largest absolute Gasteiger partial charge is 0.494 e. The quantitative estimate of drug-likeness (QED) is 0.811. The molecule has 1 saturated heterocycles. The summed E-state index contributed by atoms with van der Waals surface area (Å²) in [5.41, 5.74) is 1.22. The molecule has 0 saturated carbocycles. The van der Waals surface area contributed by atoms with Crippen molar-refractivity contribution >= 4 is 31.4 Å². The molecule has 10 heteroatoms. The summed E-state index contributed by atoms with van der Waals surface area (Å²) in [5, 5.41) is 0. The van der Waals surface area contributed by atoms with E-state index in [1.165, 1.54) is 29.6 Å². The molecular formula is C17H19FN2O5S2. The van der Waals surface area contributed by atoms with Crippen LogP contribution in [0.2, 0.25) is 0 Å². The molecule has 0 atom stereocenters. The maximum absolute atomic E-state index is 13.9. The van der Waals surface area contributed by atoms with Crippen LogP contribution in [0.1, 0.15) is 12.0 Å². The van der Waals surface area contributed by atoms with E-state index in [0.29, 0.717) is 24.2 Å². The van der Waals surface area contributed by atoms with Crippen LogP contribution in [0.15, 0.2) is 41.3 Å². The van der Waals surface area contributed by atoms with E-state index in [-0.39, 0.29) is 22.1 Å². The minimum atomic E-state index is -4.07. The molecule has 146 valence electrons. The van der Waals surface area contributed by atoms with Gasteiger partial charge in [-0.3, -0.25) is 9.03 Å². The van der Waals surface area contributed by atoms with E-state index in [9.17, 15) is 21.2 Å². The van der Waals surface area contributed by atoms with Crippen molar-refractivity contribution < 1.29 is 26.0 Å². The fourth-order valence-electron chi connectivity index (χ4n) is 2.82. The van der Waals surface area contributed by atoms with E-state index in [0.717, 1.165) is 6.07 Å². The van der Waals surface area contributed by atoms with Crippen LogP contribution in [-0.2, 0) is 20.0 Å². The monoisotopic (exact) mass is 414 g/mol. The fourth-order valence-corrected chi connectivity index (χ4v) is 5.51. The molecule has 1 aliphatic heterocycles. The van der Waals surface area contributed by atoms with Crippen LogP contribution in [0.4, 0.5) is 15.8 Å². The summed E-state index contributed by atoms with van der Waals surface area (Å²) in [6.45, 7) is 2.04. The van der Waals surface area contributed by atoms with Gasteiger partial charge in [-0.1, -0.05) is 6.07 Å². The van der Waals surface area contributed by atoms with E-state index in [4.69, 9.17) is 4.74 Å². The first-order valence-corrected chi connectivity index (χ1v) is 11.2. The summed E-state index contributed by atoms with van der Waals surface area (Å²) >= 11 is 0. The zero-order chi connectivity index (χ0) is 19.8. The van der Waals surface area contributed by atoms with Gasteiger partial charge >= 0.3 is 0 Å². The van der Waals surface area contributed by atoms with Gasteiger partial charge in [0.25, 0.3) is 10.0 Å². The normalized spacial score (nSPS) is 16.3. The first-order chi connectivity index (χ1) is 12.6. The second kappa shape index (κ2) is 7.01. The first kappa shape index (κ1) is 19.4. The number of hydrogen-bond acceptors (Lipinski definition) is 5. The van der Waals surface area contributed by atoms with Crippen LogP contribution in [0.25, 0.3) is 0 Å². The maximum Gasteiger partial charge on any atom is 0.262 e. The predicted octanol–water partition coefficient (Wildman–Crippen LogP) is 2.48. The van der Waals surface area contributed by atoms with Gasteiger partial charge in [0.2, 0.25) is 10.0 Å². The van der Waals surface area contributed by atoms with Gasteiger partial charge in [0, 0.05) is 6.54 Å². The Labute approximate surface area is 157 Å². The van der Waals surface area contributed by atoms with Crippen molar-refractivity contribution in [2.24, 2.45) is 0 Å². The average Bonchev–Trinajstić information content (AvgIpc) is 2.96. The van der Waals surface area contributed by atoms with Gasteiger partial charge in [0.15, 0.2) is 11.6 Å². The van der Waals surface area contributed by atoms with E-state index in [2.05, 4.69) is 4.72 Å². The Kier molecular flexibility index (Phi) is 5.04. The smallest absolute Gasteiger partial charge is 0.262 e. The summed E-state index contributed by atoms with van der Waals surface area (Å²) in [6, 6.07) is 8.05. The van der Waals surface area contributed by atoms with E-state index >= 15 is 0 Å². The number of halogens is 1. The Morgan fingerprint density at radius 3 is 2.52 bits per heavy atom. The highest BCUT2D eigenvalue weighted by Gasteiger charge is 2.29. The summed E-state index contributed by atoms with van der Waals surface area (Å²) in [4.78, 5) is -0.264. The van der Waals surface area contributed by atoms with Crippen LogP contribution in [0, 0.1) is 12.7 Å². The predicted molar refractivity (Wildman–Crippen MR) is 101 cm³/mol.